The van der Waals surface area contributed by atoms with Gasteiger partial charge < -0.3 is 14.2 Å². The van der Waals surface area contributed by atoms with Gasteiger partial charge in [0.2, 0.25) is 0 Å². The first-order valence-electron chi connectivity index (χ1n) is 12.9. The van der Waals surface area contributed by atoms with Crippen molar-refractivity contribution in [1.82, 2.24) is 24.8 Å². The Bertz CT molecular complexity index is 1870. The summed E-state index contributed by atoms with van der Waals surface area (Å²) < 4.78 is 18.3. The van der Waals surface area contributed by atoms with E-state index in [4.69, 9.17) is 14.6 Å². The molecule has 0 bridgehead atoms. The van der Waals surface area contributed by atoms with Gasteiger partial charge in [-0.05, 0) is 59.7 Å². The van der Waals surface area contributed by atoms with E-state index in [1.54, 1.807) is 16.8 Å². The molecule has 3 heterocycles. The highest BCUT2D eigenvalue weighted by Crippen LogP contribution is 2.30. The lowest BCUT2D eigenvalue weighted by molar-refractivity contribution is -0.134. The molecular weight excluding hydrogens is 518 g/mol. The van der Waals surface area contributed by atoms with Gasteiger partial charge in [-0.1, -0.05) is 48.5 Å². The fraction of sp³-hybridized carbons (Fsp3) is 0.0938. The predicted octanol–water partition coefficient (Wildman–Crippen LogP) is 5.69. The lowest BCUT2D eigenvalue weighted by Crippen LogP contribution is -2.05. The summed E-state index contributed by atoms with van der Waals surface area (Å²) in [6.45, 7) is 0.444. The predicted molar refractivity (Wildman–Crippen MR) is 154 cm³/mol. The molecule has 0 amide bonds. The van der Waals surface area contributed by atoms with E-state index in [2.05, 4.69) is 19.9 Å². The summed E-state index contributed by atoms with van der Waals surface area (Å²) >= 11 is 0. The van der Waals surface area contributed by atoms with Crippen molar-refractivity contribution in [1.29, 1.82) is 0 Å². The fourth-order valence-corrected chi connectivity index (χ4v) is 4.38. The molecule has 6 rings (SSSR count). The molecule has 0 radical (unpaired) electrons. The number of nitrogens with zero attached hydrogens (tertiary/aromatic N) is 5. The van der Waals surface area contributed by atoms with Crippen LogP contribution in [0.1, 0.15) is 5.82 Å². The normalized spacial score (nSPS) is 11.2. The van der Waals surface area contributed by atoms with E-state index in [9.17, 15) is 4.79 Å². The van der Waals surface area contributed by atoms with Crippen LogP contribution in [-0.4, -0.2) is 44.5 Å². The summed E-state index contributed by atoms with van der Waals surface area (Å²) in [6, 6.07) is 29.4. The number of hydrogen-bond donors (Lipinski definition) is 0. The molecule has 9 nitrogen and oxygen atoms in total. The van der Waals surface area contributed by atoms with Crippen LogP contribution in [-0.2, 0) is 16.1 Å². The number of pyridine rings is 1. The Balaban J connectivity index is 1.20. The Hall–Kier alpha value is -5.57. The third kappa shape index (κ3) is 5.74. The largest absolute Gasteiger partial charge is 0.490 e. The minimum atomic E-state index is -0.418. The van der Waals surface area contributed by atoms with E-state index in [0.29, 0.717) is 23.0 Å². The maximum absolute atomic E-state index is 11.2. The van der Waals surface area contributed by atoms with Crippen molar-refractivity contribution in [2.75, 3.05) is 13.7 Å². The molecule has 3 aromatic carbocycles. The van der Waals surface area contributed by atoms with Gasteiger partial charge in [-0.25, -0.2) is 4.79 Å². The van der Waals surface area contributed by atoms with E-state index in [-0.39, 0.29) is 13.2 Å². The first kappa shape index (κ1) is 25.7. The highest BCUT2D eigenvalue weighted by atomic mass is 16.5. The Morgan fingerprint density at radius 2 is 1.71 bits per heavy atom. The summed E-state index contributed by atoms with van der Waals surface area (Å²) in [7, 11) is 1.34. The lowest BCUT2D eigenvalue weighted by atomic mass is 10.0. The van der Waals surface area contributed by atoms with Gasteiger partial charge in [-0.15, -0.1) is 10.2 Å². The first-order chi connectivity index (χ1) is 20.2. The average Bonchev–Trinajstić information content (AvgIpc) is 3.44. The molecule has 0 N–H and O–H groups in total. The number of rotatable bonds is 9. The molecule has 0 atom stereocenters. The van der Waals surface area contributed by atoms with E-state index >= 15 is 0 Å². The lowest BCUT2D eigenvalue weighted by Gasteiger charge is -2.10. The second kappa shape index (κ2) is 11.7. The summed E-state index contributed by atoms with van der Waals surface area (Å²) in [5.74, 6) is 1.55. The number of aromatic nitrogens is 5. The summed E-state index contributed by atoms with van der Waals surface area (Å²) in [6.07, 6.45) is 4.67. The van der Waals surface area contributed by atoms with Gasteiger partial charge in [0.05, 0.1) is 18.3 Å². The Morgan fingerprint density at radius 3 is 2.59 bits per heavy atom. The van der Waals surface area contributed by atoms with Crippen LogP contribution in [0.15, 0.2) is 109 Å². The highest BCUT2D eigenvalue weighted by molar-refractivity contribution is 5.89. The van der Waals surface area contributed by atoms with Gasteiger partial charge >= 0.3 is 5.97 Å². The first-order valence-corrected chi connectivity index (χ1v) is 12.9. The van der Waals surface area contributed by atoms with Gasteiger partial charge in [-0.2, -0.15) is 9.61 Å². The van der Waals surface area contributed by atoms with Crippen molar-refractivity contribution in [2.24, 2.45) is 0 Å². The van der Waals surface area contributed by atoms with Gasteiger partial charge in [0.25, 0.3) is 0 Å². The van der Waals surface area contributed by atoms with Gasteiger partial charge in [-0.3, -0.25) is 4.98 Å². The van der Waals surface area contributed by atoms with Crippen LogP contribution in [0.4, 0.5) is 0 Å². The van der Waals surface area contributed by atoms with Crippen LogP contribution in [0.25, 0.3) is 38.9 Å². The molecule has 0 fully saturated rings. The summed E-state index contributed by atoms with van der Waals surface area (Å²) in [4.78, 5) is 15.8. The monoisotopic (exact) mass is 543 g/mol. The number of carbonyl (C=O) groups is 1. The molecule has 0 spiro atoms. The fourth-order valence-electron chi connectivity index (χ4n) is 4.38. The quantitative estimate of drug-likeness (QED) is 0.169. The standard InChI is InChI=1S/C32H25N5O4/c1-39-32(38)11-6-18-40-25-10-5-9-23(19-25)24-12-13-26-28(20-24)33-17-16-29(26)41-21-31-35-34-30-15-14-27(36-37(30)31)22-7-3-2-4-8-22/h2-17,19-20H,18,21H2,1H3/b11-6+. The number of hydrogen-bond acceptors (Lipinski definition) is 8. The number of benzene rings is 3. The van der Waals surface area contributed by atoms with E-state index < -0.39 is 5.97 Å². The number of methoxy groups -OCH3 is 1. The third-order valence-electron chi connectivity index (χ3n) is 6.43. The third-order valence-corrected chi connectivity index (χ3v) is 6.43. The second-order valence-corrected chi connectivity index (χ2v) is 9.06. The molecule has 6 aromatic rings. The van der Waals surface area contributed by atoms with Crippen LogP contribution in [0, 0.1) is 0 Å². The number of carbonyl (C=O) groups excluding carboxylic acids is 1. The maximum atomic E-state index is 11.2. The molecule has 0 aliphatic carbocycles. The zero-order valence-corrected chi connectivity index (χ0v) is 22.2. The minimum Gasteiger partial charge on any atom is -0.490 e. The van der Waals surface area contributed by atoms with E-state index in [0.717, 1.165) is 33.3 Å². The number of ether oxygens (including phenoxy) is 3. The molecule has 0 aliphatic rings. The Kier molecular flexibility index (Phi) is 7.31. The maximum Gasteiger partial charge on any atom is 0.330 e. The Morgan fingerprint density at radius 1 is 0.854 bits per heavy atom. The molecule has 3 aromatic heterocycles. The van der Waals surface area contributed by atoms with Crippen molar-refractivity contribution in [3.8, 4) is 33.9 Å². The number of fused-ring (bicyclic) bond motifs is 2. The molecule has 0 saturated heterocycles. The highest BCUT2D eigenvalue weighted by Gasteiger charge is 2.12. The zero-order chi connectivity index (χ0) is 28.0. The molecule has 202 valence electrons. The van der Waals surface area contributed by atoms with E-state index in [1.807, 2.05) is 91.0 Å². The number of esters is 1. The van der Waals surface area contributed by atoms with Crippen LogP contribution >= 0.6 is 0 Å². The molecular formula is C32H25N5O4. The average molecular weight is 544 g/mol. The van der Waals surface area contributed by atoms with Crippen molar-refractivity contribution in [3.05, 3.63) is 115 Å². The van der Waals surface area contributed by atoms with Crippen molar-refractivity contribution in [2.45, 2.75) is 6.61 Å². The Labute approximate surface area is 235 Å². The summed E-state index contributed by atoms with van der Waals surface area (Å²) in [5.41, 5.74) is 5.25. The molecule has 0 aliphatic heterocycles. The van der Waals surface area contributed by atoms with Crippen molar-refractivity contribution in [3.63, 3.8) is 0 Å². The van der Waals surface area contributed by atoms with E-state index in [1.165, 1.54) is 13.2 Å². The van der Waals surface area contributed by atoms with Gasteiger partial charge in [0, 0.05) is 23.2 Å². The topological polar surface area (TPSA) is 101 Å². The van der Waals surface area contributed by atoms with Crippen LogP contribution in [0.3, 0.4) is 0 Å². The second-order valence-electron chi connectivity index (χ2n) is 9.06. The molecule has 0 unspecified atom stereocenters. The van der Waals surface area contributed by atoms with Crippen molar-refractivity contribution < 1.29 is 19.0 Å². The smallest absolute Gasteiger partial charge is 0.330 e. The molecule has 0 saturated carbocycles. The zero-order valence-electron chi connectivity index (χ0n) is 22.2. The van der Waals surface area contributed by atoms with Gasteiger partial charge in [0.15, 0.2) is 11.5 Å². The van der Waals surface area contributed by atoms with Crippen molar-refractivity contribution >= 4 is 22.5 Å². The van der Waals surface area contributed by atoms with Crippen LogP contribution in [0.5, 0.6) is 11.5 Å². The van der Waals surface area contributed by atoms with Gasteiger partial charge in [0.1, 0.15) is 24.7 Å². The van der Waals surface area contributed by atoms with Crippen LogP contribution in [0.2, 0.25) is 0 Å². The SMILES string of the molecule is COC(=O)/C=C/COc1cccc(-c2ccc3c(OCc4nnc5ccc(-c6ccccc6)nn45)ccnc3c2)c1. The minimum absolute atomic E-state index is 0.192. The van der Waals surface area contributed by atoms with Crippen LogP contribution < -0.4 is 9.47 Å². The summed E-state index contributed by atoms with van der Waals surface area (Å²) in [5, 5.41) is 14.1. The molecule has 41 heavy (non-hydrogen) atoms. The molecule has 9 heteroatoms.